The van der Waals surface area contributed by atoms with E-state index < -0.39 is 0 Å². The number of carbonyl (C=O) groups is 1. The molecule has 0 aliphatic heterocycles. The third-order valence-electron chi connectivity index (χ3n) is 2.72. The number of carbonyl (C=O) groups excluding carboxylic acids is 1. The Kier molecular flexibility index (Phi) is 4.19. The van der Waals surface area contributed by atoms with E-state index in [0.29, 0.717) is 12.2 Å². The van der Waals surface area contributed by atoms with Gasteiger partial charge in [-0.1, -0.05) is 19.1 Å². The Hall–Kier alpha value is -2.28. The zero-order chi connectivity index (χ0) is 13.7. The number of aromatic nitrogens is 4. The molecule has 0 bridgehead atoms. The molecule has 2 N–H and O–H groups in total. The molecule has 2 rings (SSSR count). The van der Waals surface area contributed by atoms with Crippen molar-refractivity contribution in [3.63, 3.8) is 0 Å². The molecule has 7 heteroatoms. The van der Waals surface area contributed by atoms with Crippen molar-refractivity contribution in [3.8, 4) is 5.69 Å². The summed E-state index contributed by atoms with van der Waals surface area (Å²) in [4.78, 5) is 12.0. The molecule has 1 heterocycles. The molecule has 1 unspecified atom stereocenters. The monoisotopic (exact) mass is 260 g/mol. The fourth-order valence-corrected chi connectivity index (χ4v) is 1.71. The van der Waals surface area contributed by atoms with E-state index >= 15 is 0 Å². The van der Waals surface area contributed by atoms with Crippen LogP contribution in [0.3, 0.4) is 0 Å². The minimum Gasteiger partial charge on any atom is -0.324 e. The second-order valence-electron chi connectivity index (χ2n) is 4.22. The Balaban J connectivity index is 2.19. The lowest BCUT2D eigenvalue weighted by atomic mass is 10.1. The number of anilines is 1. The summed E-state index contributed by atoms with van der Waals surface area (Å²) in [7, 11) is 1.82. The van der Waals surface area contributed by atoms with Crippen LogP contribution < -0.4 is 10.6 Å². The van der Waals surface area contributed by atoms with Gasteiger partial charge in [0.15, 0.2) is 0 Å². The first-order chi connectivity index (χ1) is 9.22. The summed E-state index contributed by atoms with van der Waals surface area (Å²) in [5.41, 5.74) is 1.42. The first-order valence-electron chi connectivity index (χ1n) is 6.00. The fourth-order valence-electron chi connectivity index (χ4n) is 1.71. The Labute approximate surface area is 111 Å². The number of benzene rings is 1. The molecule has 0 aliphatic rings. The molecule has 0 spiro atoms. The van der Waals surface area contributed by atoms with Crippen molar-refractivity contribution < 1.29 is 4.79 Å². The standard InChI is InChI=1S/C12H16N6O/c1-9(7-13-2)12(19)15-10-5-3-4-6-11(10)18-8-14-16-17-18/h3-6,8-9,13H,7H2,1-2H3,(H,15,19). The molecular weight excluding hydrogens is 244 g/mol. The molecule has 0 saturated carbocycles. The van der Waals surface area contributed by atoms with Crippen LogP contribution in [0, 0.1) is 5.92 Å². The molecule has 0 aliphatic carbocycles. The van der Waals surface area contributed by atoms with Gasteiger partial charge in [0.1, 0.15) is 6.33 Å². The number of para-hydroxylation sites is 2. The number of rotatable bonds is 5. The summed E-state index contributed by atoms with van der Waals surface area (Å²) in [6.45, 7) is 2.49. The quantitative estimate of drug-likeness (QED) is 0.815. The fraction of sp³-hybridized carbons (Fsp3) is 0.333. The number of nitrogens with one attached hydrogen (secondary N) is 2. The van der Waals surface area contributed by atoms with Gasteiger partial charge < -0.3 is 10.6 Å². The molecule has 19 heavy (non-hydrogen) atoms. The summed E-state index contributed by atoms with van der Waals surface area (Å²) in [6.07, 6.45) is 1.49. The largest absolute Gasteiger partial charge is 0.324 e. The lowest BCUT2D eigenvalue weighted by Crippen LogP contribution is -2.29. The van der Waals surface area contributed by atoms with Crippen molar-refractivity contribution in [2.45, 2.75) is 6.92 Å². The number of tetrazole rings is 1. The van der Waals surface area contributed by atoms with Crippen LogP contribution in [-0.4, -0.2) is 39.7 Å². The first-order valence-corrected chi connectivity index (χ1v) is 6.00. The smallest absolute Gasteiger partial charge is 0.228 e. The normalized spacial score (nSPS) is 12.1. The Morgan fingerprint density at radius 1 is 1.42 bits per heavy atom. The van der Waals surface area contributed by atoms with E-state index in [1.54, 1.807) is 0 Å². The van der Waals surface area contributed by atoms with Gasteiger partial charge in [-0.05, 0) is 29.6 Å². The summed E-state index contributed by atoms with van der Waals surface area (Å²) in [6, 6.07) is 7.38. The molecule has 1 aromatic heterocycles. The second-order valence-corrected chi connectivity index (χ2v) is 4.22. The molecule has 0 fully saturated rings. The van der Waals surface area contributed by atoms with Gasteiger partial charge in [0.25, 0.3) is 0 Å². The van der Waals surface area contributed by atoms with E-state index in [4.69, 9.17) is 0 Å². The van der Waals surface area contributed by atoms with Crippen LogP contribution in [0.1, 0.15) is 6.92 Å². The van der Waals surface area contributed by atoms with E-state index in [9.17, 15) is 4.79 Å². The summed E-state index contributed by atoms with van der Waals surface area (Å²) >= 11 is 0. The molecule has 0 radical (unpaired) electrons. The summed E-state index contributed by atoms with van der Waals surface area (Å²) < 4.78 is 1.51. The minimum absolute atomic E-state index is 0.0464. The predicted octanol–water partition coefficient (Wildman–Crippen LogP) is 0.456. The highest BCUT2D eigenvalue weighted by Crippen LogP contribution is 2.19. The molecule has 1 amide bonds. The van der Waals surface area contributed by atoms with E-state index in [1.807, 2.05) is 38.2 Å². The van der Waals surface area contributed by atoms with Gasteiger partial charge >= 0.3 is 0 Å². The number of amides is 1. The highest BCUT2D eigenvalue weighted by molar-refractivity contribution is 5.94. The third-order valence-corrected chi connectivity index (χ3v) is 2.72. The Morgan fingerprint density at radius 2 is 2.21 bits per heavy atom. The van der Waals surface area contributed by atoms with Crippen molar-refractivity contribution in [1.82, 2.24) is 25.5 Å². The molecule has 0 saturated heterocycles. The predicted molar refractivity (Wildman–Crippen MR) is 70.9 cm³/mol. The molecular formula is C12H16N6O. The van der Waals surface area contributed by atoms with E-state index in [1.165, 1.54) is 11.0 Å². The maximum Gasteiger partial charge on any atom is 0.228 e. The third kappa shape index (κ3) is 3.14. The average Bonchev–Trinajstić information content (AvgIpc) is 2.93. The van der Waals surface area contributed by atoms with Gasteiger partial charge in [0.2, 0.25) is 5.91 Å². The van der Waals surface area contributed by atoms with Crippen molar-refractivity contribution in [1.29, 1.82) is 0 Å². The Morgan fingerprint density at radius 3 is 2.89 bits per heavy atom. The number of hydrogen-bond acceptors (Lipinski definition) is 5. The SMILES string of the molecule is CNCC(C)C(=O)Nc1ccccc1-n1cnnn1. The number of hydrogen-bond donors (Lipinski definition) is 2. The van der Waals surface area contributed by atoms with Crippen LogP contribution in [0.5, 0.6) is 0 Å². The van der Waals surface area contributed by atoms with Gasteiger partial charge in [0, 0.05) is 12.5 Å². The van der Waals surface area contributed by atoms with Crippen LogP contribution in [-0.2, 0) is 4.79 Å². The molecule has 1 atom stereocenters. The zero-order valence-corrected chi connectivity index (χ0v) is 10.9. The first kappa shape index (κ1) is 13.2. The van der Waals surface area contributed by atoms with Crippen LogP contribution in [0.25, 0.3) is 5.69 Å². The molecule has 2 aromatic rings. The van der Waals surface area contributed by atoms with Gasteiger partial charge in [-0.25, -0.2) is 0 Å². The van der Waals surface area contributed by atoms with Crippen LogP contribution in [0.4, 0.5) is 5.69 Å². The number of nitrogens with zero attached hydrogens (tertiary/aromatic N) is 4. The lowest BCUT2D eigenvalue weighted by molar-refractivity contribution is -0.119. The molecule has 7 nitrogen and oxygen atoms in total. The van der Waals surface area contributed by atoms with Crippen LogP contribution >= 0.6 is 0 Å². The van der Waals surface area contributed by atoms with E-state index in [0.717, 1.165) is 5.69 Å². The molecule has 1 aromatic carbocycles. The molecule has 100 valence electrons. The van der Waals surface area contributed by atoms with Crippen LogP contribution in [0.2, 0.25) is 0 Å². The average molecular weight is 260 g/mol. The maximum absolute atomic E-state index is 12.0. The van der Waals surface area contributed by atoms with Crippen molar-refractivity contribution in [2.75, 3.05) is 18.9 Å². The van der Waals surface area contributed by atoms with E-state index in [-0.39, 0.29) is 11.8 Å². The summed E-state index contributed by atoms with van der Waals surface area (Å²) in [5, 5.41) is 16.9. The zero-order valence-electron chi connectivity index (χ0n) is 10.9. The summed E-state index contributed by atoms with van der Waals surface area (Å²) in [5.74, 6) is -0.165. The topological polar surface area (TPSA) is 84.7 Å². The highest BCUT2D eigenvalue weighted by Gasteiger charge is 2.14. The highest BCUT2D eigenvalue weighted by atomic mass is 16.1. The Bertz CT molecular complexity index is 539. The van der Waals surface area contributed by atoms with Crippen molar-refractivity contribution in [3.05, 3.63) is 30.6 Å². The van der Waals surface area contributed by atoms with E-state index in [2.05, 4.69) is 26.2 Å². The second kappa shape index (κ2) is 6.05. The van der Waals surface area contributed by atoms with Crippen LogP contribution in [0.15, 0.2) is 30.6 Å². The van der Waals surface area contributed by atoms with Crippen molar-refractivity contribution >= 4 is 11.6 Å². The lowest BCUT2D eigenvalue weighted by Gasteiger charge is -2.14. The van der Waals surface area contributed by atoms with Crippen molar-refractivity contribution in [2.24, 2.45) is 5.92 Å². The van der Waals surface area contributed by atoms with Gasteiger partial charge in [0.05, 0.1) is 11.4 Å². The minimum atomic E-state index is -0.119. The van der Waals surface area contributed by atoms with Gasteiger partial charge in [-0.15, -0.1) is 5.10 Å². The maximum atomic E-state index is 12.0. The van der Waals surface area contributed by atoms with Gasteiger partial charge in [-0.3, -0.25) is 4.79 Å². The van der Waals surface area contributed by atoms with Gasteiger partial charge in [-0.2, -0.15) is 4.68 Å².